The van der Waals surface area contributed by atoms with E-state index in [0.29, 0.717) is 17.3 Å². The van der Waals surface area contributed by atoms with Gasteiger partial charge in [0.2, 0.25) is 4.77 Å². The van der Waals surface area contributed by atoms with Crippen LogP contribution >= 0.6 is 12.2 Å². The molecule has 0 spiro atoms. The van der Waals surface area contributed by atoms with Gasteiger partial charge in [-0.05, 0) is 59.9 Å². The summed E-state index contributed by atoms with van der Waals surface area (Å²) in [6, 6.07) is 9.59. The highest BCUT2D eigenvalue weighted by Gasteiger charge is 2.11. The standard InChI is InChI=1S/C20H20F2N4OS/c1-12(2)15-6-4-13(3)8-18(15)27-11-19-24-25-20(28)26(19)23-10-14-5-7-16(21)17(22)9-14/h4-10,12H,11H2,1-3H3,(H,25,28)/b23-10-. The van der Waals surface area contributed by atoms with Gasteiger partial charge < -0.3 is 4.74 Å². The van der Waals surface area contributed by atoms with Crippen LogP contribution < -0.4 is 4.74 Å². The van der Waals surface area contributed by atoms with Crippen molar-refractivity contribution in [3.05, 3.63) is 75.3 Å². The van der Waals surface area contributed by atoms with Gasteiger partial charge in [-0.3, -0.25) is 0 Å². The van der Waals surface area contributed by atoms with E-state index >= 15 is 0 Å². The van der Waals surface area contributed by atoms with E-state index in [1.165, 1.54) is 17.0 Å². The molecule has 3 aromatic rings. The summed E-state index contributed by atoms with van der Waals surface area (Å²) < 4.78 is 34.0. The fraction of sp³-hybridized carbons (Fsp3) is 0.250. The molecule has 0 atom stereocenters. The Morgan fingerprint density at radius 1 is 1.21 bits per heavy atom. The molecule has 0 aliphatic rings. The lowest BCUT2D eigenvalue weighted by Crippen LogP contribution is -2.06. The molecule has 1 aromatic heterocycles. The van der Waals surface area contributed by atoms with E-state index in [1.54, 1.807) is 0 Å². The summed E-state index contributed by atoms with van der Waals surface area (Å²) in [4.78, 5) is 0. The summed E-state index contributed by atoms with van der Waals surface area (Å²) in [5, 5.41) is 11.0. The predicted octanol–water partition coefficient (Wildman–Crippen LogP) is 5.11. The maximum atomic E-state index is 13.3. The first-order chi connectivity index (χ1) is 13.3. The van der Waals surface area contributed by atoms with Gasteiger partial charge >= 0.3 is 0 Å². The molecule has 0 radical (unpaired) electrons. The van der Waals surface area contributed by atoms with Crippen molar-refractivity contribution in [2.24, 2.45) is 5.10 Å². The summed E-state index contributed by atoms with van der Waals surface area (Å²) in [6.07, 6.45) is 1.38. The lowest BCUT2D eigenvalue weighted by Gasteiger charge is -2.14. The largest absolute Gasteiger partial charge is 0.485 e. The van der Waals surface area contributed by atoms with E-state index in [1.807, 2.05) is 25.1 Å². The Labute approximate surface area is 166 Å². The Kier molecular flexibility index (Phi) is 5.99. The maximum absolute atomic E-state index is 13.3. The Morgan fingerprint density at radius 3 is 2.71 bits per heavy atom. The molecular formula is C20H20F2N4OS. The van der Waals surface area contributed by atoms with Crippen LogP contribution in [0.1, 0.15) is 42.3 Å². The average Bonchev–Trinajstić information content (AvgIpc) is 3.00. The second kappa shape index (κ2) is 8.43. The molecule has 0 aliphatic carbocycles. The number of aryl methyl sites for hydroxylation is 1. The number of H-pyrrole nitrogens is 1. The normalized spacial score (nSPS) is 11.5. The van der Waals surface area contributed by atoms with Crippen molar-refractivity contribution < 1.29 is 13.5 Å². The zero-order valence-electron chi connectivity index (χ0n) is 15.7. The summed E-state index contributed by atoms with van der Waals surface area (Å²) in [5.74, 6) is -0.308. The van der Waals surface area contributed by atoms with Crippen molar-refractivity contribution in [2.45, 2.75) is 33.3 Å². The first-order valence-electron chi connectivity index (χ1n) is 8.74. The zero-order valence-corrected chi connectivity index (χ0v) is 16.6. The van der Waals surface area contributed by atoms with Gasteiger partial charge in [-0.1, -0.05) is 32.0 Å². The summed E-state index contributed by atoms with van der Waals surface area (Å²) in [5.41, 5.74) is 2.58. The Balaban J connectivity index is 1.82. The van der Waals surface area contributed by atoms with Crippen LogP contribution in [0.3, 0.4) is 0 Å². The number of hydrogen-bond donors (Lipinski definition) is 1. The van der Waals surface area contributed by atoms with E-state index < -0.39 is 11.6 Å². The van der Waals surface area contributed by atoms with Gasteiger partial charge in [-0.15, -0.1) is 0 Å². The molecule has 5 nitrogen and oxygen atoms in total. The van der Waals surface area contributed by atoms with Gasteiger partial charge in [0, 0.05) is 0 Å². The maximum Gasteiger partial charge on any atom is 0.216 e. The lowest BCUT2D eigenvalue weighted by atomic mass is 10.0. The summed E-state index contributed by atoms with van der Waals surface area (Å²) in [7, 11) is 0. The molecule has 0 aliphatic heterocycles. The highest BCUT2D eigenvalue weighted by molar-refractivity contribution is 7.71. The van der Waals surface area contributed by atoms with Crippen molar-refractivity contribution >= 4 is 18.4 Å². The van der Waals surface area contributed by atoms with Crippen molar-refractivity contribution in [1.29, 1.82) is 0 Å². The number of nitrogens with one attached hydrogen (secondary N) is 1. The number of rotatable bonds is 6. The average molecular weight is 402 g/mol. The Morgan fingerprint density at radius 2 is 2.00 bits per heavy atom. The second-order valence-corrected chi connectivity index (χ2v) is 7.05. The molecule has 0 amide bonds. The van der Waals surface area contributed by atoms with Gasteiger partial charge in [-0.2, -0.15) is 14.9 Å². The number of nitrogens with zero attached hydrogens (tertiary/aromatic N) is 3. The minimum absolute atomic E-state index is 0.144. The molecule has 8 heteroatoms. The molecule has 0 fully saturated rings. The Bertz CT molecular complexity index is 1070. The molecule has 0 bridgehead atoms. The molecule has 1 heterocycles. The predicted molar refractivity (Wildman–Crippen MR) is 106 cm³/mol. The lowest BCUT2D eigenvalue weighted by molar-refractivity contribution is 0.286. The van der Waals surface area contributed by atoms with Gasteiger partial charge in [0.05, 0.1) is 6.21 Å². The number of hydrogen-bond acceptors (Lipinski definition) is 4. The number of ether oxygens (including phenoxy) is 1. The second-order valence-electron chi connectivity index (χ2n) is 6.66. The number of benzene rings is 2. The van der Waals surface area contributed by atoms with Crippen LogP contribution in [0.2, 0.25) is 0 Å². The molecule has 0 saturated heterocycles. The van der Waals surface area contributed by atoms with Crippen molar-refractivity contribution in [2.75, 3.05) is 0 Å². The first kappa shape index (κ1) is 19.9. The van der Waals surface area contributed by atoms with Crippen LogP contribution in [0.4, 0.5) is 8.78 Å². The van der Waals surface area contributed by atoms with E-state index in [4.69, 9.17) is 17.0 Å². The monoisotopic (exact) mass is 402 g/mol. The molecule has 146 valence electrons. The first-order valence-corrected chi connectivity index (χ1v) is 9.15. The van der Waals surface area contributed by atoms with Gasteiger partial charge in [0.25, 0.3) is 0 Å². The summed E-state index contributed by atoms with van der Waals surface area (Å²) in [6.45, 7) is 6.34. The highest BCUT2D eigenvalue weighted by atomic mass is 32.1. The van der Waals surface area contributed by atoms with Crippen molar-refractivity contribution in [3.8, 4) is 5.75 Å². The molecule has 28 heavy (non-hydrogen) atoms. The van der Waals surface area contributed by atoms with E-state index in [2.05, 4.69) is 29.1 Å². The fourth-order valence-electron chi connectivity index (χ4n) is 2.64. The third kappa shape index (κ3) is 4.51. The van der Waals surface area contributed by atoms with Crippen LogP contribution in [0.5, 0.6) is 5.75 Å². The quantitative estimate of drug-likeness (QED) is 0.460. The van der Waals surface area contributed by atoms with Crippen molar-refractivity contribution in [1.82, 2.24) is 14.9 Å². The van der Waals surface area contributed by atoms with Crippen molar-refractivity contribution in [3.63, 3.8) is 0 Å². The molecule has 2 aromatic carbocycles. The van der Waals surface area contributed by atoms with Gasteiger partial charge in [0.1, 0.15) is 12.4 Å². The molecule has 3 rings (SSSR count). The van der Waals surface area contributed by atoms with E-state index in [-0.39, 0.29) is 11.4 Å². The van der Waals surface area contributed by atoms with Crippen LogP contribution in [-0.4, -0.2) is 21.1 Å². The zero-order chi connectivity index (χ0) is 20.3. The fourth-order valence-corrected chi connectivity index (χ4v) is 2.84. The SMILES string of the molecule is Cc1ccc(C(C)C)c(OCc2n[nH]c(=S)n2/N=C\c2ccc(F)c(F)c2)c1. The van der Waals surface area contributed by atoms with Crippen LogP contribution in [0, 0.1) is 23.3 Å². The van der Waals surface area contributed by atoms with Crippen LogP contribution in [0.25, 0.3) is 0 Å². The minimum atomic E-state index is -0.941. The van der Waals surface area contributed by atoms with Gasteiger partial charge in [0.15, 0.2) is 17.5 Å². The Hall–Kier alpha value is -2.87. The summed E-state index contributed by atoms with van der Waals surface area (Å²) >= 11 is 5.20. The third-order valence-corrected chi connectivity index (χ3v) is 4.40. The molecule has 0 unspecified atom stereocenters. The van der Waals surface area contributed by atoms with Crippen LogP contribution in [-0.2, 0) is 6.61 Å². The number of aromatic amines is 1. The topological polar surface area (TPSA) is 55.2 Å². The highest BCUT2D eigenvalue weighted by Crippen LogP contribution is 2.28. The number of aromatic nitrogens is 3. The van der Waals surface area contributed by atoms with Gasteiger partial charge in [-0.25, -0.2) is 13.9 Å². The molecular weight excluding hydrogens is 382 g/mol. The van der Waals surface area contributed by atoms with E-state index in [9.17, 15) is 8.78 Å². The smallest absolute Gasteiger partial charge is 0.216 e. The van der Waals surface area contributed by atoms with E-state index in [0.717, 1.165) is 29.0 Å². The number of halogens is 2. The molecule has 1 N–H and O–H groups in total. The third-order valence-electron chi connectivity index (χ3n) is 4.13. The minimum Gasteiger partial charge on any atom is -0.485 e. The molecule has 0 saturated carbocycles. The van der Waals surface area contributed by atoms with Crippen LogP contribution in [0.15, 0.2) is 41.5 Å².